The predicted molar refractivity (Wildman–Crippen MR) is 142 cm³/mol. The molecule has 0 aromatic heterocycles. The quantitative estimate of drug-likeness (QED) is 0.568. The van der Waals surface area contributed by atoms with E-state index >= 15 is 0 Å². The van der Waals surface area contributed by atoms with Crippen LogP contribution in [0.3, 0.4) is 0 Å². The number of sulfonamides is 1. The maximum Gasteiger partial charge on any atom is 0.337 e. The van der Waals surface area contributed by atoms with E-state index in [9.17, 15) is 18.3 Å². The van der Waals surface area contributed by atoms with Gasteiger partial charge in [0.15, 0.2) is 6.10 Å². The zero-order chi connectivity index (χ0) is 26.6. The van der Waals surface area contributed by atoms with E-state index in [1.807, 2.05) is 33.9 Å². The minimum absolute atomic E-state index is 0.122. The fourth-order valence-corrected chi connectivity index (χ4v) is 7.00. The van der Waals surface area contributed by atoms with E-state index in [-0.39, 0.29) is 18.4 Å². The van der Waals surface area contributed by atoms with Crippen LogP contribution in [-0.2, 0) is 19.6 Å². The summed E-state index contributed by atoms with van der Waals surface area (Å²) in [5, 5.41) is 10.4. The second kappa shape index (κ2) is 9.45. The molecule has 3 atom stereocenters. The van der Waals surface area contributed by atoms with Crippen molar-refractivity contribution in [1.29, 1.82) is 0 Å². The highest BCUT2D eigenvalue weighted by molar-refractivity contribution is 7.88. The zero-order valence-electron chi connectivity index (χ0n) is 22.4. The van der Waals surface area contributed by atoms with Crippen molar-refractivity contribution in [2.24, 2.45) is 16.8 Å². The standard InChI is InChI=1S/C28H38N2O5S/c1-16-8-10-19(11-9-16)22-17(2)23-21-12-13-29-14-20(21)15-30(36(7,33)34)25(23)18(3)24(22)26(27(31)32)35-28(4,5)6/h8,10,14,17,23,26H,9,11-13,15H2,1-7H3,(H,31,32)/t17?,23?,26-/m0/s1. The third-order valence-electron chi connectivity index (χ3n) is 7.52. The van der Waals surface area contributed by atoms with E-state index in [1.54, 1.807) is 0 Å². The average Bonchev–Trinajstić information content (AvgIpc) is 2.78. The summed E-state index contributed by atoms with van der Waals surface area (Å²) in [4.78, 5) is 17.1. The molecule has 0 bridgehead atoms. The van der Waals surface area contributed by atoms with E-state index in [1.165, 1.54) is 21.7 Å². The molecule has 2 heterocycles. The van der Waals surface area contributed by atoms with Gasteiger partial charge in [-0.05, 0) is 82.1 Å². The molecule has 0 radical (unpaired) electrons. The van der Waals surface area contributed by atoms with Gasteiger partial charge < -0.3 is 9.84 Å². The highest BCUT2D eigenvalue weighted by atomic mass is 32.2. The molecule has 4 aliphatic rings. The summed E-state index contributed by atoms with van der Waals surface area (Å²) in [5.74, 6) is -1.35. The number of allylic oxidation sites excluding steroid dienone is 6. The van der Waals surface area contributed by atoms with Crippen molar-refractivity contribution in [2.45, 2.75) is 72.5 Å². The summed E-state index contributed by atoms with van der Waals surface area (Å²) >= 11 is 0. The lowest BCUT2D eigenvalue weighted by Crippen LogP contribution is -2.46. The molecule has 2 unspecified atom stereocenters. The molecule has 0 saturated carbocycles. The number of carboxylic acid groups (broad SMARTS) is 1. The van der Waals surface area contributed by atoms with E-state index in [4.69, 9.17) is 4.74 Å². The molecule has 1 N–H and O–H groups in total. The normalized spacial score (nSPS) is 25.9. The van der Waals surface area contributed by atoms with Gasteiger partial charge >= 0.3 is 5.97 Å². The Morgan fingerprint density at radius 2 is 1.89 bits per heavy atom. The first-order chi connectivity index (χ1) is 16.7. The Morgan fingerprint density at radius 3 is 2.44 bits per heavy atom. The number of hydrogen-bond acceptors (Lipinski definition) is 5. The molecule has 196 valence electrons. The van der Waals surface area contributed by atoms with Crippen LogP contribution in [0.5, 0.6) is 0 Å². The zero-order valence-corrected chi connectivity index (χ0v) is 23.2. The molecule has 0 aromatic carbocycles. The topological polar surface area (TPSA) is 96.3 Å². The van der Waals surface area contributed by atoms with Crippen molar-refractivity contribution < 1.29 is 23.1 Å². The second-order valence-electron chi connectivity index (χ2n) is 11.4. The summed E-state index contributed by atoms with van der Waals surface area (Å²) in [6.45, 7) is 12.5. The summed E-state index contributed by atoms with van der Waals surface area (Å²) in [7, 11) is -3.61. The third kappa shape index (κ3) is 4.90. The molecule has 4 rings (SSSR count). The Labute approximate surface area is 215 Å². The number of fused-ring (bicyclic) bond motifs is 2. The highest BCUT2D eigenvalue weighted by Crippen LogP contribution is 2.52. The lowest BCUT2D eigenvalue weighted by molar-refractivity contribution is -0.155. The van der Waals surface area contributed by atoms with Gasteiger partial charge in [-0.2, -0.15) is 0 Å². The summed E-state index contributed by atoms with van der Waals surface area (Å²) < 4.78 is 33.8. The average molecular weight is 515 g/mol. The van der Waals surface area contributed by atoms with Crippen molar-refractivity contribution in [3.63, 3.8) is 0 Å². The molecule has 0 amide bonds. The molecule has 0 spiro atoms. The minimum atomic E-state index is -3.61. The van der Waals surface area contributed by atoms with Gasteiger partial charge in [-0.15, -0.1) is 0 Å². The van der Waals surface area contributed by atoms with Crippen LogP contribution in [0, 0.1) is 11.8 Å². The Balaban J connectivity index is 2.06. The second-order valence-corrected chi connectivity index (χ2v) is 13.3. The van der Waals surface area contributed by atoms with Crippen molar-refractivity contribution >= 4 is 22.2 Å². The Kier molecular flexibility index (Phi) is 6.99. The highest BCUT2D eigenvalue weighted by Gasteiger charge is 2.47. The number of aliphatic imine (C=N–C) groups is 1. The molecule has 7 nitrogen and oxygen atoms in total. The number of dihydropyridines is 1. The van der Waals surface area contributed by atoms with Gasteiger partial charge in [-0.25, -0.2) is 13.2 Å². The van der Waals surface area contributed by atoms with Gasteiger partial charge in [0, 0.05) is 29.9 Å². The smallest absolute Gasteiger partial charge is 0.337 e. The molecule has 0 fully saturated rings. The van der Waals surface area contributed by atoms with Gasteiger partial charge in [-0.1, -0.05) is 30.2 Å². The van der Waals surface area contributed by atoms with Crippen LogP contribution < -0.4 is 0 Å². The summed E-state index contributed by atoms with van der Waals surface area (Å²) in [6.07, 6.45) is 8.53. The maximum atomic E-state index is 13.1. The summed E-state index contributed by atoms with van der Waals surface area (Å²) in [6, 6.07) is 0. The van der Waals surface area contributed by atoms with Gasteiger partial charge in [0.2, 0.25) is 10.0 Å². The largest absolute Gasteiger partial charge is 0.479 e. The third-order valence-corrected chi connectivity index (χ3v) is 8.64. The fourth-order valence-electron chi connectivity index (χ4n) is 6.02. The Bertz CT molecular complexity index is 1270. The minimum Gasteiger partial charge on any atom is -0.479 e. The van der Waals surface area contributed by atoms with E-state index in [2.05, 4.69) is 31.0 Å². The van der Waals surface area contributed by atoms with Crippen LogP contribution in [0.4, 0.5) is 0 Å². The van der Waals surface area contributed by atoms with Gasteiger partial charge in [-0.3, -0.25) is 9.30 Å². The van der Waals surface area contributed by atoms with Crippen molar-refractivity contribution in [3.05, 3.63) is 56.9 Å². The number of nitrogens with zero attached hydrogens (tertiary/aromatic N) is 2. The van der Waals surface area contributed by atoms with Crippen LogP contribution in [0.1, 0.15) is 60.8 Å². The summed E-state index contributed by atoms with van der Waals surface area (Å²) in [5.41, 5.74) is 6.81. The van der Waals surface area contributed by atoms with E-state index in [0.717, 1.165) is 36.0 Å². The Morgan fingerprint density at radius 1 is 1.19 bits per heavy atom. The van der Waals surface area contributed by atoms with Crippen molar-refractivity contribution in [2.75, 3.05) is 19.3 Å². The molecule has 2 aliphatic carbocycles. The lowest BCUT2D eigenvalue weighted by Gasteiger charge is -2.47. The number of aliphatic carboxylic acids is 1. The predicted octanol–water partition coefficient (Wildman–Crippen LogP) is 4.80. The molecular formula is C28H38N2O5S. The fraction of sp³-hybridized carbons (Fsp3) is 0.571. The number of hydrogen-bond donors (Lipinski definition) is 1. The first kappa shape index (κ1) is 26.6. The first-order valence-electron chi connectivity index (χ1n) is 12.6. The van der Waals surface area contributed by atoms with Gasteiger partial charge in [0.05, 0.1) is 18.4 Å². The molecule has 0 aromatic rings. The monoisotopic (exact) mass is 514 g/mol. The number of carbonyl (C=O) groups is 1. The molecule has 0 saturated heterocycles. The number of carboxylic acids is 1. The first-order valence-corrected chi connectivity index (χ1v) is 14.5. The van der Waals surface area contributed by atoms with Gasteiger partial charge in [0.1, 0.15) is 0 Å². The van der Waals surface area contributed by atoms with Crippen LogP contribution in [0.15, 0.2) is 61.9 Å². The lowest BCUT2D eigenvalue weighted by atomic mass is 9.65. The van der Waals surface area contributed by atoms with Crippen molar-refractivity contribution in [3.8, 4) is 0 Å². The Hall–Kier alpha value is -2.45. The number of ether oxygens (including phenoxy) is 1. The van der Waals surface area contributed by atoms with E-state index < -0.39 is 27.7 Å². The van der Waals surface area contributed by atoms with Crippen LogP contribution in [-0.4, -0.2) is 61.1 Å². The van der Waals surface area contributed by atoms with Crippen LogP contribution in [0.25, 0.3) is 0 Å². The number of rotatable bonds is 5. The maximum absolute atomic E-state index is 13.1. The molecule has 2 aliphatic heterocycles. The van der Waals surface area contributed by atoms with Crippen LogP contribution >= 0.6 is 0 Å². The molecule has 8 heteroatoms. The van der Waals surface area contributed by atoms with Gasteiger partial charge in [0.25, 0.3) is 0 Å². The molecule has 36 heavy (non-hydrogen) atoms. The van der Waals surface area contributed by atoms with Crippen LogP contribution in [0.2, 0.25) is 0 Å². The molecular weight excluding hydrogens is 476 g/mol. The van der Waals surface area contributed by atoms with E-state index in [0.29, 0.717) is 23.4 Å². The van der Waals surface area contributed by atoms with Crippen molar-refractivity contribution in [1.82, 2.24) is 4.31 Å². The SMILES string of the molecule is CC1=CC=C(C2=C([C@H](OC(C)(C)C)C(=O)O)C(C)=C3C(C4=C(C=NCC4)CN3S(C)(=O)=O)C2C)CC1.